The molecule has 1 aliphatic rings. The lowest BCUT2D eigenvalue weighted by Crippen LogP contribution is -2.43. The Kier molecular flexibility index (Phi) is 7.61. The van der Waals surface area contributed by atoms with E-state index in [-0.39, 0.29) is 38.3 Å². The van der Waals surface area contributed by atoms with Crippen molar-refractivity contribution < 1.29 is 29.9 Å². The van der Waals surface area contributed by atoms with Crippen molar-refractivity contribution in [2.45, 2.75) is 19.1 Å². The van der Waals surface area contributed by atoms with Crippen LogP contribution in [0.25, 0.3) is 0 Å². The predicted octanol–water partition coefficient (Wildman–Crippen LogP) is 0.700. The highest BCUT2D eigenvalue weighted by Crippen LogP contribution is 2.40. The third kappa shape index (κ3) is 4.99. The van der Waals surface area contributed by atoms with Crippen molar-refractivity contribution >= 4 is 0 Å². The summed E-state index contributed by atoms with van der Waals surface area (Å²) in [6.07, 6.45) is 0.582. The fourth-order valence-electron chi connectivity index (χ4n) is 3.31. The Balaban J connectivity index is 2.07. The molecular weight excluding hydrogens is 312 g/mol. The fourth-order valence-corrected chi connectivity index (χ4v) is 3.31. The molecule has 24 heavy (non-hydrogen) atoms. The van der Waals surface area contributed by atoms with Crippen LogP contribution in [-0.4, -0.2) is 60.1 Å². The maximum absolute atomic E-state index is 9.41. The summed E-state index contributed by atoms with van der Waals surface area (Å²) >= 11 is 0. The molecule has 0 unspecified atom stereocenters. The molecule has 0 atom stereocenters. The highest BCUT2D eigenvalue weighted by molar-refractivity contribution is 5.16. The van der Waals surface area contributed by atoms with Gasteiger partial charge in [-0.2, -0.15) is 0 Å². The maximum Gasteiger partial charge on any atom is 0.183 e. The van der Waals surface area contributed by atoms with Crippen LogP contribution in [0.5, 0.6) is 0 Å². The second-order valence-corrected chi connectivity index (χ2v) is 6.74. The number of aliphatic hydroxyl groups excluding tert-OH is 4. The average molecular weight is 340 g/mol. The first-order chi connectivity index (χ1) is 11.7. The number of hydrogen-bond acceptors (Lipinski definition) is 6. The molecule has 1 aromatic rings. The lowest BCUT2D eigenvalue weighted by Gasteiger charge is -2.43. The molecule has 2 rings (SSSR count). The number of ether oxygens (including phenoxy) is 2. The van der Waals surface area contributed by atoms with Crippen LogP contribution in [0.1, 0.15) is 24.7 Å². The van der Waals surface area contributed by atoms with Crippen LogP contribution >= 0.6 is 0 Å². The van der Waals surface area contributed by atoms with Gasteiger partial charge in [0.05, 0.1) is 13.2 Å². The van der Waals surface area contributed by atoms with Crippen molar-refractivity contribution in [1.29, 1.82) is 0 Å². The van der Waals surface area contributed by atoms with Crippen LogP contribution in [0, 0.1) is 17.3 Å². The molecule has 1 saturated heterocycles. The zero-order chi connectivity index (χ0) is 17.4. The van der Waals surface area contributed by atoms with Crippen LogP contribution in [0.4, 0.5) is 0 Å². The Labute approximate surface area is 142 Å². The summed E-state index contributed by atoms with van der Waals surface area (Å²) in [5.41, 5.74) is 0.491. The molecule has 0 amide bonds. The molecule has 6 heteroatoms. The van der Waals surface area contributed by atoms with Gasteiger partial charge in [0, 0.05) is 49.2 Å². The van der Waals surface area contributed by atoms with E-state index in [0.717, 1.165) is 5.56 Å². The molecule has 136 valence electrons. The molecule has 0 aromatic heterocycles. The topological polar surface area (TPSA) is 99.4 Å². The summed E-state index contributed by atoms with van der Waals surface area (Å²) in [7, 11) is 0. The van der Waals surface area contributed by atoms with Crippen LogP contribution in [0.15, 0.2) is 30.3 Å². The minimum absolute atomic E-state index is 0.122. The molecule has 4 N–H and O–H groups in total. The van der Waals surface area contributed by atoms with E-state index in [0.29, 0.717) is 26.1 Å². The van der Waals surface area contributed by atoms with Crippen molar-refractivity contribution in [2.75, 3.05) is 39.6 Å². The van der Waals surface area contributed by atoms with E-state index in [9.17, 15) is 20.4 Å². The molecule has 0 bridgehead atoms. The first kappa shape index (κ1) is 19.3. The zero-order valence-corrected chi connectivity index (χ0v) is 13.9. The molecule has 1 aliphatic heterocycles. The van der Waals surface area contributed by atoms with Gasteiger partial charge in [0.15, 0.2) is 6.29 Å². The van der Waals surface area contributed by atoms with E-state index in [2.05, 4.69) is 0 Å². The summed E-state index contributed by atoms with van der Waals surface area (Å²) in [6.45, 7) is 0.290. The van der Waals surface area contributed by atoms with Gasteiger partial charge in [0.2, 0.25) is 0 Å². The monoisotopic (exact) mass is 340 g/mol. The first-order valence-corrected chi connectivity index (χ1v) is 8.38. The normalized spacial score (nSPS) is 18.4. The largest absolute Gasteiger partial charge is 0.396 e. The SMILES string of the molecule is OCC(CO)CC1(CC(CO)CO)COC(c2ccccc2)OC1. The standard InChI is InChI=1S/C18H28O6/c19-8-14(9-20)6-18(7-15(10-21)11-22)12-23-17(24-13-18)16-4-2-1-3-5-16/h1-5,14-15,17,19-22H,6-13H2. The molecule has 1 heterocycles. The Morgan fingerprint density at radius 2 is 1.29 bits per heavy atom. The number of benzene rings is 1. The third-order valence-electron chi connectivity index (χ3n) is 4.63. The highest BCUT2D eigenvalue weighted by atomic mass is 16.7. The van der Waals surface area contributed by atoms with E-state index in [1.165, 1.54) is 0 Å². The predicted molar refractivity (Wildman–Crippen MR) is 88.1 cm³/mol. The van der Waals surface area contributed by atoms with Gasteiger partial charge in [-0.1, -0.05) is 30.3 Å². The summed E-state index contributed by atoms with van der Waals surface area (Å²) < 4.78 is 11.8. The zero-order valence-electron chi connectivity index (χ0n) is 13.9. The Morgan fingerprint density at radius 1 is 0.833 bits per heavy atom. The van der Waals surface area contributed by atoms with Crippen LogP contribution in [-0.2, 0) is 9.47 Å². The molecule has 0 spiro atoms. The van der Waals surface area contributed by atoms with Gasteiger partial charge in [0.25, 0.3) is 0 Å². The average Bonchev–Trinajstić information content (AvgIpc) is 2.65. The first-order valence-electron chi connectivity index (χ1n) is 8.38. The van der Waals surface area contributed by atoms with Gasteiger partial charge in [-0.3, -0.25) is 0 Å². The lowest BCUT2D eigenvalue weighted by atomic mass is 9.74. The van der Waals surface area contributed by atoms with E-state index in [1.54, 1.807) is 0 Å². The number of aliphatic hydroxyl groups is 4. The second kappa shape index (κ2) is 9.46. The minimum Gasteiger partial charge on any atom is -0.396 e. The van der Waals surface area contributed by atoms with Crippen molar-refractivity contribution in [3.05, 3.63) is 35.9 Å². The fraction of sp³-hybridized carbons (Fsp3) is 0.667. The molecule has 6 nitrogen and oxygen atoms in total. The molecule has 0 aliphatic carbocycles. The quantitative estimate of drug-likeness (QED) is 0.528. The van der Waals surface area contributed by atoms with Crippen molar-refractivity contribution in [1.82, 2.24) is 0 Å². The molecule has 1 fully saturated rings. The van der Waals surface area contributed by atoms with Gasteiger partial charge in [-0.25, -0.2) is 0 Å². The highest BCUT2D eigenvalue weighted by Gasteiger charge is 2.40. The van der Waals surface area contributed by atoms with E-state index in [4.69, 9.17) is 9.47 Å². The summed E-state index contributed by atoms with van der Waals surface area (Å²) in [5.74, 6) is -0.549. The summed E-state index contributed by atoms with van der Waals surface area (Å²) in [5, 5.41) is 37.6. The molecular formula is C18H28O6. The smallest absolute Gasteiger partial charge is 0.183 e. The summed E-state index contributed by atoms with van der Waals surface area (Å²) in [6, 6.07) is 9.64. The van der Waals surface area contributed by atoms with Gasteiger partial charge < -0.3 is 29.9 Å². The van der Waals surface area contributed by atoms with E-state index >= 15 is 0 Å². The summed E-state index contributed by atoms with van der Waals surface area (Å²) in [4.78, 5) is 0. The Morgan fingerprint density at radius 3 is 1.71 bits per heavy atom. The van der Waals surface area contributed by atoms with Crippen molar-refractivity contribution in [2.24, 2.45) is 17.3 Å². The van der Waals surface area contributed by atoms with Gasteiger partial charge in [0.1, 0.15) is 0 Å². The van der Waals surface area contributed by atoms with Gasteiger partial charge in [-0.05, 0) is 12.8 Å². The number of hydrogen-bond donors (Lipinski definition) is 4. The Hall–Kier alpha value is -1.02. The lowest BCUT2D eigenvalue weighted by molar-refractivity contribution is -0.243. The van der Waals surface area contributed by atoms with E-state index in [1.807, 2.05) is 30.3 Å². The van der Waals surface area contributed by atoms with Crippen molar-refractivity contribution in [3.8, 4) is 0 Å². The second-order valence-electron chi connectivity index (χ2n) is 6.74. The minimum atomic E-state index is -0.447. The molecule has 1 aromatic carbocycles. The molecule has 0 radical (unpaired) electrons. The van der Waals surface area contributed by atoms with Crippen LogP contribution in [0.3, 0.4) is 0 Å². The van der Waals surface area contributed by atoms with Crippen molar-refractivity contribution in [3.63, 3.8) is 0 Å². The van der Waals surface area contributed by atoms with Gasteiger partial charge >= 0.3 is 0 Å². The Bertz CT molecular complexity index is 434. The third-order valence-corrected chi connectivity index (χ3v) is 4.63. The van der Waals surface area contributed by atoms with Crippen LogP contribution in [0.2, 0.25) is 0 Å². The number of rotatable bonds is 9. The maximum atomic E-state index is 9.41. The van der Waals surface area contributed by atoms with E-state index < -0.39 is 11.7 Å². The molecule has 0 saturated carbocycles. The van der Waals surface area contributed by atoms with Crippen LogP contribution < -0.4 is 0 Å². The van der Waals surface area contributed by atoms with Gasteiger partial charge in [-0.15, -0.1) is 0 Å².